The van der Waals surface area contributed by atoms with E-state index in [1.54, 1.807) is 36.4 Å². The number of imide groups is 1. The fourth-order valence-electron chi connectivity index (χ4n) is 3.22. The van der Waals surface area contributed by atoms with E-state index in [0.29, 0.717) is 10.5 Å². The third-order valence-electron chi connectivity index (χ3n) is 4.97. The number of amides is 2. The molecular formula is C24H15F3N2O3S. The van der Waals surface area contributed by atoms with Gasteiger partial charge < -0.3 is 0 Å². The second-order valence-corrected chi connectivity index (χ2v) is 8.60. The van der Waals surface area contributed by atoms with Crippen molar-refractivity contribution >= 4 is 22.6 Å². The molecule has 166 valence electrons. The van der Waals surface area contributed by atoms with Gasteiger partial charge in [-0.1, -0.05) is 12.1 Å². The molecule has 5 nitrogen and oxygen atoms in total. The van der Waals surface area contributed by atoms with Crippen LogP contribution in [0, 0.1) is 17.7 Å². The topological polar surface area (TPSA) is 67.3 Å². The van der Waals surface area contributed by atoms with Gasteiger partial charge in [-0.2, -0.15) is 8.78 Å². The van der Waals surface area contributed by atoms with Crippen LogP contribution in [0.1, 0.15) is 37.7 Å². The highest BCUT2D eigenvalue weighted by Crippen LogP contribution is 2.28. The molecule has 0 aliphatic carbocycles. The number of rotatable bonds is 4. The molecule has 1 aliphatic heterocycles. The van der Waals surface area contributed by atoms with Crippen molar-refractivity contribution in [2.24, 2.45) is 0 Å². The maximum atomic E-state index is 14.3. The Hall–Kier alpha value is -3.77. The minimum absolute atomic E-state index is 0.0195. The number of carbonyl (C=O) groups is 2. The van der Waals surface area contributed by atoms with Crippen LogP contribution in [0.25, 0.3) is 0 Å². The molecule has 3 aromatic rings. The van der Waals surface area contributed by atoms with Crippen LogP contribution >= 0.6 is 0 Å². The lowest BCUT2D eigenvalue weighted by Gasteiger charge is -2.13. The first-order valence-electron chi connectivity index (χ1n) is 9.62. The second-order valence-electron chi connectivity index (χ2n) is 7.22. The number of pyridine rings is 1. The van der Waals surface area contributed by atoms with Crippen LogP contribution in [0.3, 0.4) is 0 Å². The molecule has 0 fully saturated rings. The molecule has 0 spiro atoms. The van der Waals surface area contributed by atoms with Gasteiger partial charge in [0.15, 0.2) is 0 Å². The number of aromatic nitrogens is 1. The van der Waals surface area contributed by atoms with Gasteiger partial charge in [-0.15, -0.1) is 0 Å². The smallest absolute Gasteiger partial charge is 0.268 e. The molecule has 1 aliphatic rings. The van der Waals surface area contributed by atoms with Gasteiger partial charge in [0.25, 0.3) is 11.8 Å². The predicted molar refractivity (Wildman–Crippen MR) is 114 cm³/mol. The van der Waals surface area contributed by atoms with Crippen molar-refractivity contribution in [2.75, 3.05) is 6.26 Å². The Morgan fingerprint density at radius 1 is 0.970 bits per heavy atom. The van der Waals surface area contributed by atoms with Crippen LogP contribution in [-0.4, -0.2) is 32.2 Å². The lowest BCUT2D eigenvalue weighted by molar-refractivity contribution is 0.0630. The van der Waals surface area contributed by atoms with Gasteiger partial charge in [0.05, 0.1) is 12.1 Å². The van der Waals surface area contributed by atoms with Gasteiger partial charge in [-0.25, -0.2) is 9.37 Å². The Balaban J connectivity index is 1.56. The Labute approximate surface area is 189 Å². The van der Waals surface area contributed by atoms with Crippen molar-refractivity contribution < 1.29 is 27.0 Å². The van der Waals surface area contributed by atoms with E-state index in [0.717, 1.165) is 29.2 Å². The van der Waals surface area contributed by atoms with E-state index in [1.807, 2.05) is 0 Å². The van der Waals surface area contributed by atoms with Gasteiger partial charge in [0.1, 0.15) is 17.2 Å². The molecule has 4 rings (SSSR count). The monoisotopic (exact) mass is 468 g/mol. The zero-order valence-corrected chi connectivity index (χ0v) is 18.0. The normalized spacial score (nSPS) is 14.0. The van der Waals surface area contributed by atoms with Crippen LogP contribution in [0.2, 0.25) is 0 Å². The van der Waals surface area contributed by atoms with E-state index in [-0.39, 0.29) is 23.5 Å². The highest BCUT2D eigenvalue weighted by Gasteiger charge is 2.37. The first kappa shape index (κ1) is 22.4. The molecule has 0 radical (unpaired) electrons. The number of nitrogens with zero attached hydrogens (tertiary/aromatic N) is 2. The van der Waals surface area contributed by atoms with E-state index in [1.165, 1.54) is 12.1 Å². The number of halogens is 3. The van der Waals surface area contributed by atoms with Crippen LogP contribution in [-0.2, 0) is 23.3 Å². The van der Waals surface area contributed by atoms with Crippen LogP contribution < -0.4 is 0 Å². The van der Waals surface area contributed by atoms with Gasteiger partial charge in [0.2, 0.25) is 0 Å². The molecule has 2 aromatic carbocycles. The van der Waals surface area contributed by atoms with Gasteiger partial charge >= 0.3 is 5.92 Å². The molecule has 2 amide bonds. The Morgan fingerprint density at radius 2 is 1.64 bits per heavy atom. The molecule has 0 bridgehead atoms. The third-order valence-corrected chi connectivity index (χ3v) is 5.90. The van der Waals surface area contributed by atoms with Crippen LogP contribution in [0.5, 0.6) is 0 Å². The SMILES string of the molecule is CS(=O)c1ccc(CN2C(=O)c3ccc(C#CC(F)(F)c4ccc(F)cc4)nc3C2=O)cc1. The van der Waals surface area contributed by atoms with Gasteiger partial charge in [-0.05, 0) is 65.9 Å². The number of hydrogen-bond acceptors (Lipinski definition) is 4. The summed E-state index contributed by atoms with van der Waals surface area (Å²) in [5, 5.41) is 0. The van der Waals surface area contributed by atoms with E-state index >= 15 is 0 Å². The maximum Gasteiger partial charge on any atom is 0.334 e. The minimum Gasteiger partial charge on any atom is -0.268 e. The Kier molecular flexibility index (Phi) is 5.87. The summed E-state index contributed by atoms with van der Waals surface area (Å²) in [5.41, 5.74) is -0.0378. The van der Waals surface area contributed by atoms with Crippen LogP contribution in [0.4, 0.5) is 13.2 Å². The lowest BCUT2D eigenvalue weighted by atomic mass is 10.1. The van der Waals surface area contributed by atoms with Crippen molar-refractivity contribution in [2.45, 2.75) is 17.4 Å². The first-order chi connectivity index (χ1) is 15.7. The molecule has 1 atom stereocenters. The summed E-state index contributed by atoms with van der Waals surface area (Å²) in [6, 6.07) is 12.9. The summed E-state index contributed by atoms with van der Waals surface area (Å²) in [7, 11) is -1.15. The molecule has 2 heterocycles. The minimum atomic E-state index is -3.56. The molecular weight excluding hydrogens is 453 g/mol. The van der Waals surface area contributed by atoms with E-state index in [4.69, 9.17) is 0 Å². The fourth-order valence-corrected chi connectivity index (χ4v) is 3.74. The predicted octanol–water partition coefficient (Wildman–Crippen LogP) is 3.90. The number of hydrogen-bond donors (Lipinski definition) is 0. The summed E-state index contributed by atoms with van der Waals surface area (Å²) in [6.07, 6.45) is 1.54. The average Bonchev–Trinajstić information content (AvgIpc) is 3.03. The maximum absolute atomic E-state index is 14.3. The second kappa shape index (κ2) is 8.64. The first-order valence-corrected chi connectivity index (χ1v) is 11.2. The zero-order chi connectivity index (χ0) is 23.8. The van der Waals surface area contributed by atoms with Gasteiger partial charge in [0, 0.05) is 27.5 Å². The van der Waals surface area contributed by atoms with E-state index in [2.05, 4.69) is 10.9 Å². The summed E-state index contributed by atoms with van der Waals surface area (Å²) in [5.74, 6) is -1.40. The molecule has 0 N–H and O–H groups in total. The molecule has 1 unspecified atom stereocenters. The number of benzene rings is 2. The number of alkyl halides is 2. The van der Waals surface area contributed by atoms with Gasteiger partial charge in [-0.3, -0.25) is 18.7 Å². The number of carbonyl (C=O) groups excluding carboxylic acids is 2. The largest absolute Gasteiger partial charge is 0.334 e. The Morgan fingerprint density at radius 3 is 2.27 bits per heavy atom. The quantitative estimate of drug-likeness (QED) is 0.430. The molecule has 0 saturated carbocycles. The zero-order valence-electron chi connectivity index (χ0n) is 17.1. The Bertz CT molecular complexity index is 1340. The molecule has 1 aromatic heterocycles. The lowest BCUT2D eigenvalue weighted by Crippen LogP contribution is -2.29. The van der Waals surface area contributed by atoms with Crippen molar-refractivity contribution in [3.8, 4) is 11.8 Å². The highest BCUT2D eigenvalue weighted by atomic mass is 32.2. The van der Waals surface area contributed by atoms with E-state index in [9.17, 15) is 27.0 Å². The molecule has 9 heteroatoms. The standard InChI is InChI=1S/C24H15F3N2O3S/c1-33(32)19-9-2-15(3-10-19)14-29-22(30)20-11-8-18(28-21(20)23(29)31)12-13-24(26,27)16-4-6-17(25)7-5-16/h2-11H,14H2,1H3. The summed E-state index contributed by atoms with van der Waals surface area (Å²) >= 11 is 0. The third kappa shape index (κ3) is 4.56. The van der Waals surface area contributed by atoms with E-state index < -0.39 is 39.9 Å². The van der Waals surface area contributed by atoms with Crippen molar-refractivity contribution in [1.82, 2.24) is 9.88 Å². The van der Waals surface area contributed by atoms with Crippen LogP contribution in [0.15, 0.2) is 65.6 Å². The summed E-state index contributed by atoms with van der Waals surface area (Å²) in [4.78, 5) is 31.0. The molecule has 0 saturated heterocycles. The summed E-state index contributed by atoms with van der Waals surface area (Å²) < 4.78 is 53.1. The average molecular weight is 468 g/mol. The van der Waals surface area contributed by atoms with Crippen molar-refractivity contribution in [1.29, 1.82) is 0 Å². The fraction of sp³-hybridized carbons (Fsp3) is 0.125. The molecule has 33 heavy (non-hydrogen) atoms. The summed E-state index contributed by atoms with van der Waals surface area (Å²) in [6.45, 7) is -0.0195. The highest BCUT2D eigenvalue weighted by molar-refractivity contribution is 7.84. The number of fused-ring (bicyclic) bond motifs is 1. The van der Waals surface area contributed by atoms with Crippen molar-refractivity contribution in [3.63, 3.8) is 0 Å². The van der Waals surface area contributed by atoms with Crippen molar-refractivity contribution in [3.05, 3.63) is 94.6 Å².